The van der Waals surface area contributed by atoms with Gasteiger partial charge in [0.25, 0.3) is 5.91 Å². The minimum absolute atomic E-state index is 0.0116. The highest BCUT2D eigenvalue weighted by atomic mass is 16.5. The van der Waals surface area contributed by atoms with Crippen molar-refractivity contribution in [1.82, 2.24) is 10.3 Å². The Bertz CT molecular complexity index is 259. The Morgan fingerprint density at radius 2 is 2.21 bits per heavy atom. The molecule has 1 N–H and O–H groups in total. The normalized spacial score (nSPS) is 29.6. The number of ether oxygens (including phenoxy) is 1. The number of hydrogen-bond donors (Lipinski definition) is 1. The lowest BCUT2D eigenvalue weighted by Crippen LogP contribution is -2.53. The molecule has 0 spiro atoms. The van der Waals surface area contributed by atoms with Crippen LogP contribution in [0.5, 0.6) is 0 Å². The highest BCUT2D eigenvalue weighted by molar-refractivity contribution is 5.94. The number of nitrogens with zero attached hydrogens (tertiary/aromatic N) is 2. The quantitative estimate of drug-likeness (QED) is 0.621. The van der Waals surface area contributed by atoms with E-state index in [0.29, 0.717) is 0 Å². The van der Waals surface area contributed by atoms with E-state index in [9.17, 15) is 4.79 Å². The maximum Gasteiger partial charge on any atom is 0.257 e. The van der Waals surface area contributed by atoms with Crippen LogP contribution < -0.4 is 5.43 Å². The summed E-state index contributed by atoms with van der Waals surface area (Å²) >= 11 is 0. The average molecular weight is 197 g/mol. The van der Waals surface area contributed by atoms with Gasteiger partial charge in [-0.3, -0.25) is 9.69 Å². The first-order valence-corrected chi connectivity index (χ1v) is 4.92. The highest BCUT2D eigenvalue weighted by Crippen LogP contribution is 2.11. The first-order chi connectivity index (χ1) is 6.77. The van der Waals surface area contributed by atoms with Gasteiger partial charge in [0.1, 0.15) is 0 Å². The van der Waals surface area contributed by atoms with Gasteiger partial charge < -0.3 is 4.74 Å². The summed E-state index contributed by atoms with van der Waals surface area (Å²) in [4.78, 5) is 13.7. The van der Waals surface area contributed by atoms with Crippen LogP contribution in [0.3, 0.4) is 0 Å². The molecule has 0 aliphatic carbocycles. The van der Waals surface area contributed by atoms with Crippen LogP contribution in [0.25, 0.3) is 0 Å². The smallest absolute Gasteiger partial charge is 0.257 e. The number of amides is 1. The molecule has 1 saturated heterocycles. The van der Waals surface area contributed by atoms with Crippen LogP contribution in [0.1, 0.15) is 13.3 Å². The number of carbonyl (C=O) groups is 1. The second kappa shape index (κ2) is 4.06. The van der Waals surface area contributed by atoms with Gasteiger partial charge in [0, 0.05) is 25.2 Å². The first kappa shape index (κ1) is 9.61. The van der Waals surface area contributed by atoms with Crippen molar-refractivity contribution in [2.24, 2.45) is 5.10 Å². The molecule has 78 valence electrons. The van der Waals surface area contributed by atoms with E-state index in [1.54, 1.807) is 0 Å². The van der Waals surface area contributed by atoms with Gasteiger partial charge in [0.2, 0.25) is 0 Å². The standard InChI is InChI=1S/C9H15N3O2/c1-7-6-8(9(13)11-10-7)12-2-4-14-5-3-12/h8H,2-6H2,1H3,(H,11,13). The molecule has 0 radical (unpaired) electrons. The Hall–Kier alpha value is -0.940. The number of nitrogens with one attached hydrogen (secondary N) is 1. The fourth-order valence-electron chi connectivity index (χ4n) is 1.83. The zero-order valence-corrected chi connectivity index (χ0v) is 8.32. The number of rotatable bonds is 1. The number of hydrazone groups is 1. The minimum atomic E-state index is -0.0450. The van der Waals surface area contributed by atoms with E-state index in [1.807, 2.05) is 6.92 Å². The van der Waals surface area contributed by atoms with Gasteiger partial charge in [0.05, 0.1) is 19.3 Å². The van der Waals surface area contributed by atoms with Crippen LogP contribution in [0.4, 0.5) is 0 Å². The third-order valence-corrected chi connectivity index (χ3v) is 2.63. The van der Waals surface area contributed by atoms with Crippen LogP contribution in [0.2, 0.25) is 0 Å². The SMILES string of the molecule is CC1=NNC(=O)C(N2CCOCC2)C1. The maximum atomic E-state index is 11.5. The van der Waals surface area contributed by atoms with Crippen LogP contribution >= 0.6 is 0 Å². The van der Waals surface area contributed by atoms with Gasteiger partial charge in [0.15, 0.2) is 0 Å². The van der Waals surface area contributed by atoms with Gasteiger partial charge in [-0.1, -0.05) is 0 Å². The lowest BCUT2D eigenvalue weighted by molar-refractivity contribution is -0.128. The van der Waals surface area contributed by atoms with E-state index in [1.165, 1.54) is 0 Å². The van der Waals surface area contributed by atoms with E-state index < -0.39 is 0 Å². The van der Waals surface area contributed by atoms with Crippen molar-refractivity contribution >= 4 is 11.6 Å². The molecule has 0 aromatic carbocycles. The van der Waals surface area contributed by atoms with Crippen molar-refractivity contribution in [3.63, 3.8) is 0 Å². The fraction of sp³-hybridized carbons (Fsp3) is 0.778. The molecule has 5 heteroatoms. The Balaban J connectivity index is 2.01. The van der Waals surface area contributed by atoms with Gasteiger partial charge in [-0.05, 0) is 6.92 Å². The summed E-state index contributed by atoms with van der Waals surface area (Å²) in [5.74, 6) is 0.0116. The molecule has 1 unspecified atom stereocenters. The van der Waals surface area contributed by atoms with Gasteiger partial charge in [-0.25, -0.2) is 5.43 Å². The topological polar surface area (TPSA) is 53.9 Å². The molecule has 0 aromatic rings. The summed E-state index contributed by atoms with van der Waals surface area (Å²) in [7, 11) is 0. The Kier molecular flexibility index (Phi) is 2.79. The summed E-state index contributed by atoms with van der Waals surface area (Å²) in [6.45, 7) is 5.06. The van der Waals surface area contributed by atoms with Crippen molar-refractivity contribution < 1.29 is 9.53 Å². The summed E-state index contributed by atoms with van der Waals surface area (Å²) in [5, 5.41) is 3.92. The molecule has 0 aromatic heterocycles. The summed E-state index contributed by atoms with van der Waals surface area (Å²) in [6.07, 6.45) is 0.742. The predicted molar refractivity (Wildman–Crippen MR) is 52.0 cm³/mol. The lowest BCUT2D eigenvalue weighted by atomic mass is 10.1. The van der Waals surface area contributed by atoms with E-state index in [2.05, 4.69) is 15.4 Å². The number of carbonyl (C=O) groups excluding carboxylic acids is 1. The van der Waals surface area contributed by atoms with Crippen LogP contribution in [0.15, 0.2) is 5.10 Å². The Morgan fingerprint density at radius 1 is 1.50 bits per heavy atom. The zero-order chi connectivity index (χ0) is 9.97. The first-order valence-electron chi connectivity index (χ1n) is 4.92. The molecule has 14 heavy (non-hydrogen) atoms. The molecular weight excluding hydrogens is 182 g/mol. The van der Waals surface area contributed by atoms with Crippen LogP contribution in [-0.2, 0) is 9.53 Å². The van der Waals surface area contributed by atoms with Gasteiger partial charge >= 0.3 is 0 Å². The molecule has 0 saturated carbocycles. The van der Waals surface area contributed by atoms with Crippen molar-refractivity contribution in [2.75, 3.05) is 26.3 Å². The van der Waals surface area contributed by atoms with E-state index >= 15 is 0 Å². The molecule has 2 aliphatic rings. The minimum Gasteiger partial charge on any atom is -0.379 e. The molecule has 2 aliphatic heterocycles. The average Bonchev–Trinajstić information content (AvgIpc) is 2.23. The van der Waals surface area contributed by atoms with Crippen molar-refractivity contribution in [1.29, 1.82) is 0 Å². The molecular formula is C9H15N3O2. The second-order valence-electron chi connectivity index (χ2n) is 3.69. The summed E-state index contributed by atoms with van der Waals surface area (Å²) in [5.41, 5.74) is 3.53. The van der Waals surface area contributed by atoms with Crippen molar-refractivity contribution in [2.45, 2.75) is 19.4 Å². The summed E-state index contributed by atoms with van der Waals surface area (Å²) in [6, 6.07) is -0.0450. The Labute approximate surface area is 83.1 Å². The van der Waals surface area contributed by atoms with E-state index in [-0.39, 0.29) is 11.9 Å². The predicted octanol–water partition coefficient (Wildman–Crippen LogP) is -0.417. The molecule has 1 atom stereocenters. The molecule has 2 rings (SSSR count). The third kappa shape index (κ3) is 1.93. The molecule has 2 heterocycles. The van der Waals surface area contributed by atoms with Gasteiger partial charge in [-0.15, -0.1) is 0 Å². The monoisotopic (exact) mass is 197 g/mol. The molecule has 1 fully saturated rings. The van der Waals surface area contributed by atoms with Crippen molar-refractivity contribution in [3.05, 3.63) is 0 Å². The van der Waals surface area contributed by atoms with E-state index in [0.717, 1.165) is 38.4 Å². The van der Waals surface area contributed by atoms with Crippen molar-refractivity contribution in [3.8, 4) is 0 Å². The maximum absolute atomic E-state index is 11.5. The largest absolute Gasteiger partial charge is 0.379 e. The lowest BCUT2D eigenvalue weighted by Gasteiger charge is -2.34. The number of morpholine rings is 1. The zero-order valence-electron chi connectivity index (χ0n) is 8.32. The molecule has 1 amide bonds. The fourth-order valence-corrected chi connectivity index (χ4v) is 1.83. The Morgan fingerprint density at radius 3 is 2.93 bits per heavy atom. The molecule has 0 bridgehead atoms. The summed E-state index contributed by atoms with van der Waals surface area (Å²) < 4.78 is 5.25. The van der Waals surface area contributed by atoms with Crippen LogP contribution in [0, 0.1) is 0 Å². The molecule has 5 nitrogen and oxygen atoms in total. The third-order valence-electron chi connectivity index (χ3n) is 2.63. The van der Waals surface area contributed by atoms with Crippen LogP contribution in [-0.4, -0.2) is 48.9 Å². The van der Waals surface area contributed by atoms with E-state index in [4.69, 9.17) is 4.74 Å². The number of hydrogen-bond acceptors (Lipinski definition) is 4. The highest BCUT2D eigenvalue weighted by Gasteiger charge is 2.30. The van der Waals surface area contributed by atoms with Gasteiger partial charge in [-0.2, -0.15) is 5.10 Å². The second-order valence-corrected chi connectivity index (χ2v) is 3.69.